The summed E-state index contributed by atoms with van der Waals surface area (Å²) < 4.78 is 0. The molecule has 0 spiro atoms. The van der Waals surface area contributed by atoms with Gasteiger partial charge in [-0.2, -0.15) is 0 Å². The zero-order valence-corrected chi connectivity index (χ0v) is 13.3. The minimum Gasteiger partial charge on any atom is -0.329 e. The molecule has 1 aliphatic rings. The van der Waals surface area contributed by atoms with E-state index in [0.717, 1.165) is 0 Å². The summed E-state index contributed by atoms with van der Waals surface area (Å²) in [4.78, 5) is 28.5. The average Bonchev–Trinajstić information content (AvgIpc) is 2.63. The van der Waals surface area contributed by atoms with Crippen molar-refractivity contribution in [2.45, 2.75) is 0 Å². The molecule has 118 valence electrons. The van der Waals surface area contributed by atoms with Gasteiger partial charge in [-0.05, 0) is 24.3 Å². The van der Waals surface area contributed by atoms with Crippen molar-refractivity contribution in [1.29, 1.82) is 0 Å². The third-order valence-electron chi connectivity index (χ3n) is 3.94. The number of carbonyl (C=O) groups is 2. The number of nitrogens with two attached hydrogens (primary N) is 1. The van der Waals surface area contributed by atoms with Crippen LogP contribution in [0.5, 0.6) is 0 Å². The molecular formula is C17H16ClN3O2. The first-order valence-electron chi connectivity index (χ1n) is 7.21. The molecule has 0 aromatic heterocycles. The van der Waals surface area contributed by atoms with Gasteiger partial charge in [0.05, 0.1) is 16.4 Å². The van der Waals surface area contributed by atoms with E-state index in [4.69, 9.17) is 17.3 Å². The Labute approximate surface area is 139 Å². The fraction of sp³-hybridized carbons (Fsp3) is 0.176. The summed E-state index contributed by atoms with van der Waals surface area (Å²) in [7, 11) is 1.61. The first-order valence-corrected chi connectivity index (χ1v) is 7.59. The summed E-state index contributed by atoms with van der Waals surface area (Å²) in [6.45, 7) is -0.0586. The van der Waals surface area contributed by atoms with Gasteiger partial charge in [0.25, 0.3) is 0 Å². The van der Waals surface area contributed by atoms with E-state index >= 15 is 0 Å². The number of nitrogens with zero attached hydrogens (tertiary/aromatic N) is 2. The van der Waals surface area contributed by atoms with E-state index in [1.54, 1.807) is 25.2 Å². The average molecular weight is 330 g/mol. The van der Waals surface area contributed by atoms with E-state index in [1.165, 1.54) is 9.80 Å². The number of amides is 2. The van der Waals surface area contributed by atoms with Crippen LogP contribution in [0.3, 0.4) is 0 Å². The van der Waals surface area contributed by atoms with Crippen LogP contribution >= 0.6 is 11.6 Å². The fourth-order valence-corrected chi connectivity index (χ4v) is 3.08. The molecule has 0 aliphatic carbocycles. The highest BCUT2D eigenvalue weighted by molar-refractivity contribution is 6.36. The lowest BCUT2D eigenvalue weighted by Gasteiger charge is -2.25. The van der Waals surface area contributed by atoms with Gasteiger partial charge < -0.3 is 10.6 Å². The van der Waals surface area contributed by atoms with Crippen LogP contribution in [0, 0.1) is 5.92 Å². The van der Waals surface area contributed by atoms with Gasteiger partial charge >= 0.3 is 0 Å². The molecule has 0 saturated carbocycles. The Morgan fingerprint density at radius 3 is 2.39 bits per heavy atom. The lowest BCUT2D eigenvalue weighted by atomic mass is 10.1. The SMILES string of the molecule is CN1C(=O)C(CN)C(=O)N(c2ccccc2)c2cccc(Cl)c21. The molecule has 3 rings (SSSR count). The van der Waals surface area contributed by atoms with Gasteiger partial charge in [0.1, 0.15) is 5.92 Å². The Hall–Kier alpha value is -2.37. The van der Waals surface area contributed by atoms with Crippen LogP contribution in [-0.4, -0.2) is 25.4 Å². The maximum absolute atomic E-state index is 13.0. The molecule has 6 heteroatoms. The second-order valence-corrected chi connectivity index (χ2v) is 5.71. The highest BCUT2D eigenvalue weighted by Crippen LogP contribution is 2.42. The molecule has 1 unspecified atom stereocenters. The number of rotatable bonds is 2. The van der Waals surface area contributed by atoms with Gasteiger partial charge in [-0.15, -0.1) is 0 Å². The minimum atomic E-state index is -0.941. The summed E-state index contributed by atoms with van der Waals surface area (Å²) in [5.41, 5.74) is 7.45. The standard InChI is InChI=1S/C17H16ClN3O2/c1-20-15-13(18)8-5-9-14(15)21(11-6-3-2-4-7-11)17(23)12(10-19)16(20)22/h2-9,12H,10,19H2,1H3. The summed E-state index contributed by atoms with van der Waals surface area (Å²) in [5, 5.41) is 0.407. The molecule has 5 nitrogen and oxygen atoms in total. The highest BCUT2D eigenvalue weighted by atomic mass is 35.5. The van der Waals surface area contributed by atoms with E-state index in [-0.39, 0.29) is 18.4 Å². The second-order valence-electron chi connectivity index (χ2n) is 5.30. The lowest BCUT2D eigenvalue weighted by Crippen LogP contribution is -2.43. The Morgan fingerprint density at radius 1 is 1.04 bits per heavy atom. The molecule has 23 heavy (non-hydrogen) atoms. The topological polar surface area (TPSA) is 66.6 Å². The normalized spacial score (nSPS) is 18.0. The van der Waals surface area contributed by atoms with Gasteiger partial charge in [-0.25, -0.2) is 0 Å². The summed E-state index contributed by atoms with van der Waals surface area (Å²) in [5.74, 6) is -1.65. The maximum Gasteiger partial charge on any atom is 0.245 e. The third kappa shape index (κ3) is 2.48. The fourth-order valence-electron chi connectivity index (χ4n) is 2.79. The Bertz CT molecular complexity index is 764. The molecule has 0 fully saturated rings. The van der Waals surface area contributed by atoms with Crippen LogP contribution in [0.25, 0.3) is 0 Å². The van der Waals surface area contributed by atoms with Crippen LogP contribution < -0.4 is 15.5 Å². The van der Waals surface area contributed by atoms with Gasteiger partial charge in [0.15, 0.2) is 0 Å². The molecule has 1 heterocycles. The second kappa shape index (κ2) is 6.02. The van der Waals surface area contributed by atoms with Gasteiger partial charge in [-0.1, -0.05) is 35.9 Å². The monoisotopic (exact) mass is 329 g/mol. The number of carbonyl (C=O) groups excluding carboxylic acids is 2. The van der Waals surface area contributed by atoms with Crippen molar-refractivity contribution < 1.29 is 9.59 Å². The molecule has 2 N–H and O–H groups in total. The third-order valence-corrected chi connectivity index (χ3v) is 4.24. The van der Waals surface area contributed by atoms with Crippen molar-refractivity contribution in [2.24, 2.45) is 11.7 Å². The maximum atomic E-state index is 13.0. The van der Waals surface area contributed by atoms with Crippen molar-refractivity contribution in [3.63, 3.8) is 0 Å². The van der Waals surface area contributed by atoms with Gasteiger partial charge in [-0.3, -0.25) is 14.5 Å². The number of halogens is 1. The molecular weight excluding hydrogens is 314 g/mol. The van der Waals surface area contributed by atoms with Crippen LogP contribution in [0.1, 0.15) is 0 Å². The summed E-state index contributed by atoms with van der Waals surface area (Å²) in [6, 6.07) is 14.4. The van der Waals surface area contributed by atoms with Crippen molar-refractivity contribution in [3.8, 4) is 0 Å². The smallest absolute Gasteiger partial charge is 0.245 e. The van der Waals surface area contributed by atoms with E-state index in [1.807, 2.05) is 30.3 Å². The largest absolute Gasteiger partial charge is 0.329 e. The van der Waals surface area contributed by atoms with E-state index in [9.17, 15) is 9.59 Å². The quantitative estimate of drug-likeness (QED) is 0.861. The lowest BCUT2D eigenvalue weighted by molar-refractivity contribution is -0.130. The molecule has 0 bridgehead atoms. The zero-order valence-electron chi connectivity index (χ0n) is 12.6. The van der Waals surface area contributed by atoms with Crippen molar-refractivity contribution in [1.82, 2.24) is 0 Å². The Balaban J connectivity index is 2.29. The molecule has 1 atom stereocenters. The molecule has 0 saturated heterocycles. The van der Waals surface area contributed by atoms with Crippen LogP contribution in [0.15, 0.2) is 48.5 Å². The summed E-state index contributed by atoms with van der Waals surface area (Å²) in [6.07, 6.45) is 0. The van der Waals surface area contributed by atoms with Gasteiger partial charge in [0.2, 0.25) is 11.8 Å². The highest BCUT2D eigenvalue weighted by Gasteiger charge is 2.39. The minimum absolute atomic E-state index is 0.0586. The number of fused-ring (bicyclic) bond motifs is 1. The van der Waals surface area contributed by atoms with Crippen molar-refractivity contribution in [2.75, 3.05) is 23.4 Å². The predicted molar refractivity (Wildman–Crippen MR) is 91.0 cm³/mol. The molecule has 2 aromatic carbocycles. The van der Waals surface area contributed by atoms with Crippen LogP contribution in [-0.2, 0) is 9.59 Å². The number of para-hydroxylation sites is 2. The number of hydrogen-bond acceptors (Lipinski definition) is 3. The van der Waals surface area contributed by atoms with Crippen molar-refractivity contribution >= 4 is 40.5 Å². The molecule has 2 amide bonds. The van der Waals surface area contributed by atoms with Crippen molar-refractivity contribution in [3.05, 3.63) is 53.6 Å². The first kappa shape index (κ1) is 15.5. The van der Waals surface area contributed by atoms with Crippen LogP contribution in [0.4, 0.5) is 17.1 Å². The summed E-state index contributed by atoms with van der Waals surface area (Å²) >= 11 is 6.30. The van der Waals surface area contributed by atoms with E-state index in [2.05, 4.69) is 0 Å². The first-order chi connectivity index (χ1) is 11.1. The van der Waals surface area contributed by atoms with E-state index < -0.39 is 5.92 Å². The molecule has 0 radical (unpaired) electrons. The zero-order chi connectivity index (χ0) is 16.6. The molecule has 2 aromatic rings. The number of hydrogen-bond donors (Lipinski definition) is 1. The van der Waals surface area contributed by atoms with Crippen LogP contribution in [0.2, 0.25) is 5.02 Å². The predicted octanol–water partition coefficient (Wildman–Crippen LogP) is 2.56. The Kier molecular flexibility index (Phi) is 4.07. The molecule has 1 aliphatic heterocycles. The number of anilines is 3. The van der Waals surface area contributed by atoms with Gasteiger partial charge in [0, 0.05) is 19.3 Å². The van der Waals surface area contributed by atoms with E-state index in [0.29, 0.717) is 22.1 Å². The number of benzene rings is 2. The Morgan fingerprint density at radius 2 is 1.74 bits per heavy atom.